The van der Waals surface area contributed by atoms with E-state index in [1.54, 1.807) is 22.9 Å². The van der Waals surface area contributed by atoms with Gasteiger partial charge in [0, 0.05) is 51.7 Å². The lowest BCUT2D eigenvalue weighted by molar-refractivity contribution is 0.0700. The standard InChI is InChI=1S/C12H19N5O3S/c18-21(19,17-7-9-20-10-8-17)16-5-3-15(4-6-16)12-11-13-1-2-14-12/h1-2,11H,3-10H2. The second-order valence-electron chi connectivity index (χ2n) is 4.97. The fraction of sp³-hybridized carbons (Fsp3) is 0.667. The summed E-state index contributed by atoms with van der Waals surface area (Å²) in [6.45, 7) is 4.01. The van der Waals surface area contributed by atoms with E-state index >= 15 is 0 Å². The minimum Gasteiger partial charge on any atom is -0.379 e. The molecule has 0 spiro atoms. The van der Waals surface area contributed by atoms with E-state index in [1.165, 1.54) is 4.31 Å². The van der Waals surface area contributed by atoms with Gasteiger partial charge < -0.3 is 9.64 Å². The second-order valence-corrected chi connectivity index (χ2v) is 6.90. The van der Waals surface area contributed by atoms with Crippen molar-refractivity contribution in [1.82, 2.24) is 18.6 Å². The molecule has 2 fully saturated rings. The summed E-state index contributed by atoms with van der Waals surface area (Å²) in [4.78, 5) is 10.3. The summed E-state index contributed by atoms with van der Waals surface area (Å²) >= 11 is 0. The Bertz CT molecular complexity index is 554. The van der Waals surface area contributed by atoms with Gasteiger partial charge in [0.05, 0.1) is 19.4 Å². The van der Waals surface area contributed by atoms with Gasteiger partial charge >= 0.3 is 0 Å². The summed E-state index contributed by atoms with van der Waals surface area (Å²) in [6, 6.07) is 0. The lowest BCUT2D eigenvalue weighted by atomic mass is 10.3. The van der Waals surface area contributed by atoms with Gasteiger partial charge in [-0.3, -0.25) is 4.98 Å². The number of rotatable bonds is 3. The predicted octanol–water partition coefficient (Wildman–Crippen LogP) is -0.824. The molecule has 0 unspecified atom stereocenters. The Kier molecular flexibility index (Phi) is 4.34. The van der Waals surface area contributed by atoms with Crippen molar-refractivity contribution in [2.75, 3.05) is 57.4 Å². The van der Waals surface area contributed by atoms with Crippen molar-refractivity contribution in [2.24, 2.45) is 0 Å². The van der Waals surface area contributed by atoms with Crippen LogP contribution in [0, 0.1) is 0 Å². The summed E-state index contributed by atoms with van der Waals surface area (Å²) in [5.74, 6) is 0.793. The van der Waals surface area contributed by atoms with Crippen molar-refractivity contribution in [3.8, 4) is 0 Å². The van der Waals surface area contributed by atoms with Gasteiger partial charge in [-0.15, -0.1) is 0 Å². The van der Waals surface area contributed by atoms with E-state index in [0.717, 1.165) is 5.82 Å². The average molecular weight is 313 g/mol. The van der Waals surface area contributed by atoms with Gasteiger partial charge in [-0.25, -0.2) is 4.98 Å². The summed E-state index contributed by atoms with van der Waals surface area (Å²) in [5, 5.41) is 0. The van der Waals surface area contributed by atoms with Gasteiger partial charge in [0.2, 0.25) is 0 Å². The number of piperazine rings is 1. The highest BCUT2D eigenvalue weighted by Gasteiger charge is 2.33. The molecule has 3 rings (SSSR count). The molecule has 0 aromatic carbocycles. The first-order valence-corrected chi connectivity index (χ1v) is 8.41. The largest absolute Gasteiger partial charge is 0.379 e. The summed E-state index contributed by atoms with van der Waals surface area (Å²) in [5.41, 5.74) is 0. The molecule has 0 N–H and O–H groups in total. The highest BCUT2D eigenvalue weighted by Crippen LogP contribution is 2.16. The lowest BCUT2D eigenvalue weighted by Gasteiger charge is -2.37. The zero-order chi connectivity index (χ0) is 14.7. The van der Waals surface area contributed by atoms with Crippen LogP contribution in [0.5, 0.6) is 0 Å². The molecule has 0 aliphatic carbocycles. The van der Waals surface area contributed by atoms with E-state index in [1.807, 2.05) is 0 Å². The van der Waals surface area contributed by atoms with Gasteiger partial charge in [0.1, 0.15) is 5.82 Å². The number of aromatic nitrogens is 2. The van der Waals surface area contributed by atoms with E-state index in [9.17, 15) is 8.42 Å². The van der Waals surface area contributed by atoms with Gasteiger partial charge in [-0.1, -0.05) is 0 Å². The molecule has 3 heterocycles. The Balaban J connectivity index is 1.62. The molecule has 9 heteroatoms. The molecular formula is C12H19N5O3S. The summed E-state index contributed by atoms with van der Waals surface area (Å²) in [7, 11) is -3.37. The van der Waals surface area contributed by atoms with Crippen LogP contribution in [0.1, 0.15) is 0 Å². The van der Waals surface area contributed by atoms with Crippen LogP contribution in [0.3, 0.4) is 0 Å². The van der Waals surface area contributed by atoms with Crippen LogP contribution in [0.15, 0.2) is 18.6 Å². The van der Waals surface area contributed by atoms with E-state index in [4.69, 9.17) is 4.74 Å². The summed E-state index contributed by atoms with van der Waals surface area (Å²) < 4.78 is 33.3. The van der Waals surface area contributed by atoms with E-state index in [0.29, 0.717) is 52.5 Å². The minimum atomic E-state index is -3.37. The molecule has 1 aromatic rings. The van der Waals surface area contributed by atoms with Crippen molar-refractivity contribution < 1.29 is 13.2 Å². The molecule has 2 aliphatic heterocycles. The lowest BCUT2D eigenvalue weighted by Crippen LogP contribution is -2.55. The van der Waals surface area contributed by atoms with Crippen molar-refractivity contribution >= 4 is 16.0 Å². The SMILES string of the molecule is O=S(=O)(N1CCOCC1)N1CCN(c2cnccn2)CC1. The maximum atomic E-state index is 12.5. The summed E-state index contributed by atoms with van der Waals surface area (Å²) in [6.07, 6.45) is 4.97. The van der Waals surface area contributed by atoms with Gasteiger partial charge in [-0.05, 0) is 0 Å². The highest BCUT2D eigenvalue weighted by atomic mass is 32.2. The number of anilines is 1. The predicted molar refractivity (Wildman–Crippen MR) is 77.1 cm³/mol. The number of morpholine rings is 1. The fourth-order valence-corrected chi connectivity index (χ4v) is 4.10. The number of hydrogen-bond donors (Lipinski definition) is 0. The van der Waals surface area contributed by atoms with Crippen molar-refractivity contribution in [1.29, 1.82) is 0 Å². The number of hydrogen-bond acceptors (Lipinski definition) is 6. The van der Waals surface area contributed by atoms with Gasteiger partial charge in [0.15, 0.2) is 0 Å². The third kappa shape index (κ3) is 3.15. The van der Waals surface area contributed by atoms with Crippen molar-refractivity contribution in [3.63, 3.8) is 0 Å². The average Bonchev–Trinajstić information content (AvgIpc) is 2.57. The van der Waals surface area contributed by atoms with Gasteiger partial charge in [-0.2, -0.15) is 17.0 Å². The van der Waals surface area contributed by atoms with Crippen LogP contribution in [0.2, 0.25) is 0 Å². The number of ether oxygens (including phenoxy) is 1. The molecule has 0 saturated carbocycles. The quantitative estimate of drug-likeness (QED) is 0.725. The van der Waals surface area contributed by atoms with E-state index in [-0.39, 0.29) is 0 Å². The van der Waals surface area contributed by atoms with Gasteiger partial charge in [0.25, 0.3) is 10.2 Å². The Morgan fingerprint density at radius 2 is 1.62 bits per heavy atom. The molecule has 0 bridgehead atoms. The molecule has 2 saturated heterocycles. The molecule has 116 valence electrons. The minimum absolute atomic E-state index is 0.437. The van der Waals surface area contributed by atoms with Crippen molar-refractivity contribution in [2.45, 2.75) is 0 Å². The first-order valence-electron chi connectivity index (χ1n) is 7.02. The normalized spacial score (nSPS) is 22.4. The van der Waals surface area contributed by atoms with Crippen LogP contribution >= 0.6 is 0 Å². The fourth-order valence-electron chi connectivity index (χ4n) is 2.54. The zero-order valence-electron chi connectivity index (χ0n) is 11.8. The molecule has 2 aliphatic rings. The second kappa shape index (κ2) is 6.22. The monoisotopic (exact) mass is 313 g/mol. The molecule has 1 aromatic heterocycles. The maximum Gasteiger partial charge on any atom is 0.282 e. The Hall–Kier alpha value is -1.29. The zero-order valence-corrected chi connectivity index (χ0v) is 12.6. The Labute approximate surface area is 124 Å². The van der Waals surface area contributed by atoms with Crippen LogP contribution in [-0.4, -0.2) is 79.5 Å². The van der Waals surface area contributed by atoms with Crippen LogP contribution in [0.25, 0.3) is 0 Å². The van der Waals surface area contributed by atoms with Crippen molar-refractivity contribution in [3.05, 3.63) is 18.6 Å². The van der Waals surface area contributed by atoms with E-state index in [2.05, 4.69) is 14.9 Å². The third-order valence-corrected chi connectivity index (χ3v) is 5.77. The molecule has 0 atom stereocenters. The molecule has 0 amide bonds. The van der Waals surface area contributed by atoms with Crippen LogP contribution in [-0.2, 0) is 14.9 Å². The highest BCUT2D eigenvalue weighted by molar-refractivity contribution is 7.86. The Morgan fingerprint density at radius 1 is 0.952 bits per heavy atom. The first-order chi connectivity index (χ1) is 10.2. The maximum absolute atomic E-state index is 12.5. The molecule has 21 heavy (non-hydrogen) atoms. The smallest absolute Gasteiger partial charge is 0.282 e. The molecular weight excluding hydrogens is 294 g/mol. The molecule has 8 nitrogen and oxygen atoms in total. The molecule has 0 radical (unpaired) electrons. The van der Waals surface area contributed by atoms with Crippen LogP contribution < -0.4 is 4.90 Å². The Morgan fingerprint density at radius 3 is 2.24 bits per heavy atom. The van der Waals surface area contributed by atoms with E-state index < -0.39 is 10.2 Å². The topological polar surface area (TPSA) is 78.9 Å². The number of nitrogens with zero attached hydrogens (tertiary/aromatic N) is 5. The third-order valence-electron chi connectivity index (χ3n) is 3.73. The van der Waals surface area contributed by atoms with Crippen LogP contribution in [0.4, 0.5) is 5.82 Å². The first kappa shape index (κ1) is 14.6.